The predicted molar refractivity (Wildman–Crippen MR) is 113 cm³/mol. The minimum absolute atomic E-state index is 0.0439. The Labute approximate surface area is 166 Å². The highest BCUT2D eigenvalue weighted by atomic mass is 15.3. The fraction of sp³-hybridized carbons (Fsp3) is 0.429. The highest BCUT2D eigenvalue weighted by molar-refractivity contribution is 5.94. The fourth-order valence-electron chi connectivity index (χ4n) is 3.56. The normalized spacial score (nSPS) is 20.4. The zero-order chi connectivity index (χ0) is 19.3. The van der Waals surface area contributed by atoms with Crippen LogP contribution in [0, 0.1) is 6.92 Å². The van der Waals surface area contributed by atoms with Gasteiger partial charge in [-0.05, 0) is 32.4 Å². The number of aliphatic imine (C=N–C) groups is 1. The average Bonchev–Trinajstić information content (AvgIpc) is 3.12. The van der Waals surface area contributed by atoms with Crippen LogP contribution in [-0.2, 0) is 6.42 Å². The van der Waals surface area contributed by atoms with Crippen molar-refractivity contribution in [3.05, 3.63) is 59.6 Å². The Balaban J connectivity index is 1.48. The SMILES string of the molecule is Cc1cc(NC2=CC(N3CCN(C)CC3)=NC(CCc3ccccc3)N2)n[nH]1. The number of benzene rings is 1. The molecule has 0 bridgehead atoms. The van der Waals surface area contributed by atoms with Gasteiger partial charge in [-0.15, -0.1) is 0 Å². The van der Waals surface area contributed by atoms with Gasteiger partial charge in [0.2, 0.25) is 0 Å². The number of piperazine rings is 1. The van der Waals surface area contributed by atoms with Crippen molar-refractivity contribution in [2.45, 2.75) is 25.9 Å². The summed E-state index contributed by atoms with van der Waals surface area (Å²) >= 11 is 0. The molecule has 28 heavy (non-hydrogen) atoms. The number of aryl methyl sites for hydroxylation is 2. The van der Waals surface area contributed by atoms with Gasteiger partial charge in [0.1, 0.15) is 17.8 Å². The second-order valence-corrected chi connectivity index (χ2v) is 7.58. The Hall–Kier alpha value is -2.80. The van der Waals surface area contributed by atoms with Crippen LogP contribution >= 0.6 is 0 Å². The van der Waals surface area contributed by atoms with Gasteiger partial charge in [0, 0.05) is 44.0 Å². The van der Waals surface area contributed by atoms with Crippen LogP contribution in [0.2, 0.25) is 0 Å². The summed E-state index contributed by atoms with van der Waals surface area (Å²) in [5, 5.41) is 14.2. The molecule has 7 nitrogen and oxygen atoms in total. The molecule has 0 aliphatic carbocycles. The summed E-state index contributed by atoms with van der Waals surface area (Å²) < 4.78 is 0. The highest BCUT2D eigenvalue weighted by Crippen LogP contribution is 2.16. The van der Waals surface area contributed by atoms with E-state index in [2.05, 4.69) is 74.1 Å². The highest BCUT2D eigenvalue weighted by Gasteiger charge is 2.22. The Kier molecular flexibility index (Phi) is 5.62. The van der Waals surface area contributed by atoms with Crippen LogP contribution in [0.25, 0.3) is 0 Å². The van der Waals surface area contributed by atoms with Crippen molar-refractivity contribution in [3.8, 4) is 0 Å². The number of H-pyrrole nitrogens is 1. The molecule has 7 heteroatoms. The number of amidine groups is 1. The van der Waals surface area contributed by atoms with E-state index in [0.717, 1.165) is 62.2 Å². The maximum Gasteiger partial charge on any atom is 0.153 e. The third kappa shape index (κ3) is 4.72. The molecular weight excluding hydrogens is 350 g/mol. The van der Waals surface area contributed by atoms with Crippen LogP contribution in [-0.4, -0.2) is 65.2 Å². The third-order valence-electron chi connectivity index (χ3n) is 5.23. The van der Waals surface area contributed by atoms with Crippen molar-refractivity contribution in [1.29, 1.82) is 0 Å². The lowest BCUT2D eigenvalue weighted by Crippen LogP contribution is -2.49. The smallest absolute Gasteiger partial charge is 0.153 e. The summed E-state index contributed by atoms with van der Waals surface area (Å²) in [5.74, 6) is 2.82. The molecule has 0 amide bonds. The van der Waals surface area contributed by atoms with Gasteiger partial charge in [0.05, 0.1) is 0 Å². The number of nitrogens with one attached hydrogen (secondary N) is 3. The van der Waals surface area contributed by atoms with Gasteiger partial charge in [0.15, 0.2) is 5.82 Å². The number of anilines is 1. The standard InChI is InChI=1S/C21H29N7/c1-16-14-20(26-25-16)23-19-15-21(28-12-10-27(2)11-13-28)24-18(22-19)9-8-17-6-4-3-5-7-17/h3-7,14-15,18,22H,8-13H2,1-2H3,(H2,23,25,26). The Bertz CT molecular complexity index is 831. The first-order valence-electron chi connectivity index (χ1n) is 9.98. The molecule has 1 saturated heterocycles. The predicted octanol–water partition coefficient (Wildman–Crippen LogP) is 2.18. The first-order valence-corrected chi connectivity index (χ1v) is 9.98. The molecular formula is C21H29N7. The van der Waals surface area contributed by atoms with Gasteiger partial charge in [-0.1, -0.05) is 30.3 Å². The summed E-state index contributed by atoms with van der Waals surface area (Å²) in [5.41, 5.74) is 2.38. The molecule has 1 unspecified atom stereocenters. The first kappa shape index (κ1) is 18.6. The minimum atomic E-state index is 0.0439. The van der Waals surface area contributed by atoms with E-state index in [9.17, 15) is 0 Å². The molecule has 148 valence electrons. The Morgan fingerprint density at radius 1 is 1.14 bits per heavy atom. The molecule has 3 heterocycles. The molecule has 2 aromatic rings. The lowest BCUT2D eigenvalue weighted by atomic mass is 10.1. The van der Waals surface area contributed by atoms with Crippen LogP contribution < -0.4 is 10.6 Å². The number of hydrogen-bond donors (Lipinski definition) is 3. The zero-order valence-electron chi connectivity index (χ0n) is 16.7. The molecule has 1 aromatic carbocycles. The third-order valence-corrected chi connectivity index (χ3v) is 5.23. The number of nitrogens with zero attached hydrogens (tertiary/aromatic N) is 4. The monoisotopic (exact) mass is 379 g/mol. The van der Waals surface area contributed by atoms with Crippen molar-refractivity contribution >= 4 is 11.7 Å². The molecule has 2 aliphatic heterocycles. The summed E-state index contributed by atoms with van der Waals surface area (Å²) in [4.78, 5) is 9.76. The minimum Gasteiger partial charge on any atom is -0.354 e. The van der Waals surface area contributed by atoms with E-state index < -0.39 is 0 Å². The fourth-order valence-corrected chi connectivity index (χ4v) is 3.56. The van der Waals surface area contributed by atoms with E-state index in [-0.39, 0.29) is 6.17 Å². The van der Waals surface area contributed by atoms with Crippen LogP contribution in [0.3, 0.4) is 0 Å². The van der Waals surface area contributed by atoms with E-state index >= 15 is 0 Å². The second kappa shape index (κ2) is 8.48. The van der Waals surface area contributed by atoms with Crippen LogP contribution in [0.15, 0.2) is 53.3 Å². The van der Waals surface area contributed by atoms with Crippen LogP contribution in [0.1, 0.15) is 17.7 Å². The molecule has 1 aromatic heterocycles. The van der Waals surface area contributed by atoms with Gasteiger partial charge in [-0.3, -0.25) is 5.10 Å². The molecule has 4 rings (SSSR count). The van der Waals surface area contributed by atoms with Crippen molar-refractivity contribution in [1.82, 2.24) is 25.3 Å². The van der Waals surface area contributed by atoms with Gasteiger partial charge in [-0.25, -0.2) is 4.99 Å². The Morgan fingerprint density at radius 3 is 2.64 bits per heavy atom. The quantitative estimate of drug-likeness (QED) is 0.743. The molecule has 0 radical (unpaired) electrons. The maximum absolute atomic E-state index is 5.01. The lowest BCUT2D eigenvalue weighted by Gasteiger charge is -2.36. The molecule has 1 fully saturated rings. The Morgan fingerprint density at radius 2 is 1.93 bits per heavy atom. The number of aromatic nitrogens is 2. The number of hydrogen-bond acceptors (Lipinski definition) is 6. The summed E-state index contributed by atoms with van der Waals surface area (Å²) in [6.07, 6.45) is 4.09. The molecule has 0 saturated carbocycles. The van der Waals surface area contributed by atoms with Gasteiger partial charge >= 0.3 is 0 Å². The molecule has 2 aliphatic rings. The lowest BCUT2D eigenvalue weighted by molar-refractivity contribution is 0.214. The maximum atomic E-state index is 5.01. The topological polar surface area (TPSA) is 71.6 Å². The average molecular weight is 380 g/mol. The van der Waals surface area contributed by atoms with E-state index in [0.29, 0.717) is 0 Å². The van der Waals surface area contributed by atoms with Crippen molar-refractivity contribution in [2.24, 2.45) is 4.99 Å². The molecule has 1 atom stereocenters. The molecule has 3 N–H and O–H groups in total. The summed E-state index contributed by atoms with van der Waals surface area (Å²) in [6, 6.07) is 12.6. The van der Waals surface area contributed by atoms with Gasteiger partial charge < -0.3 is 20.4 Å². The largest absolute Gasteiger partial charge is 0.354 e. The van der Waals surface area contributed by atoms with Crippen LogP contribution in [0.5, 0.6) is 0 Å². The number of aromatic amines is 1. The zero-order valence-corrected chi connectivity index (χ0v) is 16.7. The van der Waals surface area contributed by atoms with Crippen molar-refractivity contribution in [2.75, 3.05) is 38.5 Å². The van der Waals surface area contributed by atoms with Gasteiger partial charge in [0.25, 0.3) is 0 Å². The van der Waals surface area contributed by atoms with Gasteiger partial charge in [-0.2, -0.15) is 5.10 Å². The van der Waals surface area contributed by atoms with E-state index in [4.69, 9.17) is 4.99 Å². The number of rotatable bonds is 5. The van der Waals surface area contributed by atoms with Crippen molar-refractivity contribution < 1.29 is 0 Å². The second-order valence-electron chi connectivity index (χ2n) is 7.58. The van der Waals surface area contributed by atoms with Crippen molar-refractivity contribution in [3.63, 3.8) is 0 Å². The van der Waals surface area contributed by atoms with E-state index in [1.54, 1.807) is 0 Å². The summed E-state index contributed by atoms with van der Waals surface area (Å²) in [7, 11) is 2.17. The van der Waals surface area contributed by atoms with Crippen LogP contribution in [0.4, 0.5) is 5.82 Å². The molecule has 0 spiro atoms. The van der Waals surface area contributed by atoms with E-state index in [1.807, 2.05) is 13.0 Å². The summed E-state index contributed by atoms with van der Waals surface area (Å²) in [6.45, 7) is 6.14. The number of likely N-dealkylation sites (N-methyl/N-ethyl adjacent to an activating group) is 1. The first-order chi connectivity index (χ1) is 13.7. The van der Waals surface area contributed by atoms with E-state index in [1.165, 1.54) is 5.56 Å².